The SMILES string of the molecule is O=C(NCCF)c1cc(-c2cccnc2)nc2c1cnn2Cc1cccnc1. The number of aromatic nitrogens is 5. The maximum Gasteiger partial charge on any atom is 0.252 e. The molecule has 0 aliphatic heterocycles. The average molecular weight is 376 g/mol. The van der Waals surface area contributed by atoms with Gasteiger partial charge in [-0.2, -0.15) is 5.10 Å². The van der Waals surface area contributed by atoms with Crippen molar-refractivity contribution in [3.63, 3.8) is 0 Å². The molecule has 4 aromatic heterocycles. The highest BCUT2D eigenvalue weighted by Gasteiger charge is 2.17. The quantitative estimate of drug-likeness (QED) is 0.559. The molecule has 0 fully saturated rings. The maximum absolute atomic E-state index is 12.6. The second kappa shape index (κ2) is 7.91. The molecule has 140 valence electrons. The Balaban J connectivity index is 1.83. The molecular formula is C20H17FN6O. The van der Waals surface area contributed by atoms with Crippen LogP contribution in [0.1, 0.15) is 15.9 Å². The van der Waals surface area contributed by atoms with Crippen LogP contribution in [0.3, 0.4) is 0 Å². The van der Waals surface area contributed by atoms with E-state index in [0.29, 0.717) is 28.8 Å². The molecule has 4 heterocycles. The minimum atomic E-state index is -0.629. The van der Waals surface area contributed by atoms with Crippen molar-refractivity contribution in [3.05, 3.63) is 72.4 Å². The summed E-state index contributed by atoms with van der Waals surface area (Å²) in [5.41, 5.74) is 3.30. The van der Waals surface area contributed by atoms with Gasteiger partial charge in [0.2, 0.25) is 0 Å². The molecule has 0 radical (unpaired) electrons. The van der Waals surface area contributed by atoms with Crippen LogP contribution < -0.4 is 5.32 Å². The van der Waals surface area contributed by atoms with Gasteiger partial charge in [0, 0.05) is 36.9 Å². The molecule has 0 saturated carbocycles. The highest BCUT2D eigenvalue weighted by molar-refractivity contribution is 6.06. The third-order valence-electron chi connectivity index (χ3n) is 4.25. The van der Waals surface area contributed by atoms with E-state index in [-0.39, 0.29) is 12.5 Å². The van der Waals surface area contributed by atoms with Gasteiger partial charge >= 0.3 is 0 Å². The van der Waals surface area contributed by atoms with E-state index in [1.54, 1.807) is 47.8 Å². The monoisotopic (exact) mass is 376 g/mol. The molecular weight excluding hydrogens is 359 g/mol. The lowest BCUT2D eigenvalue weighted by Crippen LogP contribution is -2.25. The van der Waals surface area contributed by atoms with E-state index in [2.05, 4.69) is 20.4 Å². The van der Waals surface area contributed by atoms with Crippen LogP contribution in [0.4, 0.5) is 4.39 Å². The second-order valence-electron chi connectivity index (χ2n) is 6.14. The molecule has 0 saturated heterocycles. The minimum Gasteiger partial charge on any atom is -0.349 e. The van der Waals surface area contributed by atoms with E-state index in [1.165, 1.54) is 0 Å². The lowest BCUT2D eigenvalue weighted by molar-refractivity contribution is 0.0952. The number of halogens is 1. The molecule has 0 aromatic carbocycles. The van der Waals surface area contributed by atoms with Crippen LogP contribution in [0.5, 0.6) is 0 Å². The maximum atomic E-state index is 12.6. The number of rotatable bonds is 6. The second-order valence-corrected chi connectivity index (χ2v) is 6.14. The van der Waals surface area contributed by atoms with Crippen molar-refractivity contribution in [2.45, 2.75) is 6.54 Å². The Hall–Kier alpha value is -3.68. The van der Waals surface area contributed by atoms with E-state index < -0.39 is 6.67 Å². The number of amides is 1. The first-order chi connectivity index (χ1) is 13.8. The molecule has 0 aliphatic rings. The predicted molar refractivity (Wildman–Crippen MR) is 102 cm³/mol. The molecule has 8 heteroatoms. The molecule has 7 nitrogen and oxygen atoms in total. The van der Waals surface area contributed by atoms with Crippen molar-refractivity contribution in [2.24, 2.45) is 0 Å². The number of carbonyl (C=O) groups excluding carboxylic acids is 1. The summed E-state index contributed by atoms with van der Waals surface area (Å²) in [6, 6.07) is 9.15. The normalized spacial score (nSPS) is 10.9. The minimum absolute atomic E-state index is 0.0469. The van der Waals surface area contributed by atoms with E-state index in [1.807, 2.05) is 18.2 Å². The fraction of sp³-hybridized carbons (Fsp3) is 0.150. The van der Waals surface area contributed by atoms with Crippen LogP contribution in [-0.2, 0) is 6.54 Å². The van der Waals surface area contributed by atoms with Gasteiger partial charge in [-0.15, -0.1) is 0 Å². The number of nitrogens with one attached hydrogen (secondary N) is 1. The number of fused-ring (bicyclic) bond motifs is 1. The zero-order valence-electron chi connectivity index (χ0n) is 14.9. The van der Waals surface area contributed by atoms with Gasteiger partial charge in [-0.25, -0.2) is 14.1 Å². The molecule has 0 aliphatic carbocycles. The molecule has 4 aromatic rings. The summed E-state index contributed by atoms with van der Waals surface area (Å²) in [5.74, 6) is -0.365. The van der Waals surface area contributed by atoms with E-state index >= 15 is 0 Å². The molecule has 0 bridgehead atoms. The first-order valence-corrected chi connectivity index (χ1v) is 8.76. The van der Waals surface area contributed by atoms with Gasteiger partial charge in [0.1, 0.15) is 6.67 Å². The van der Waals surface area contributed by atoms with Crippen molar-refractivity contribution in [2.75, 3.05) is 13.2 Å². The topological polar surface area (TPSA) is 85.6 Å². The van der Waals surface area contributed by atoms with Crippen LogP contribution in [-0.4, -0.2) is 43.9 Å². The average Bonchev–Trinajstić information content (AvgIpc) is 3.15. The number of alkyl halides is 1. The zero-order chi connectivity index (χ0) is 19.3. The highest BCUT2D eigenvalue weighted by Crippen LogP contribution is 2.25. The van der Waals surface area contributed by atoms with Gasteiger partial charge < -0.3 is 5.32 Å². The summed E-state index contributed by atoms with van der Waals surface area (Å²) in [6.07, 6.45) is 8.42. The van der Waals surface area contributed by atoms with Crippen molar-refractivity contribution < 1.29 is 9.18 Å². The van der Waals surface area contributed by atoms with Crippen molar-refractivity contribution in [1.82, 2.24) is 30.0 Å². The van der Waals surface area contributed by atoms with Gasteiger partial charge in [0.25, 0.3) is 5.91 Å². The molecule has 0 atom stereocenters. The Kier molecular flexibility index (Phi) is 5.01. The standard InChI is InChI=1S/C20H17FN6O/c21-5-8-24-20(28)16-9-18(15-4-2-7-23-11-15)26-19-17(16)12-25-27(19)13-14-3-1-6-22-10-14/h1-4,6-7,9-12H,5,8,13H2,(H,24,28). The first kappa shape index (κ1) is 17.7. The highest BCUT2D eigenvalue weighted by atomic mass is 19.1. The summed E-state index contributed by atoms with van der Waals surface area (Å²) in [5, 5.41) is 7.58. The Labute approximate surface area is 160 Å². The van der Waals surface area contributed by atoms with Crippen molar-refractivity contribution >= 4 is 16.9 Å². The van der Waals surface area contributed by atoms with E-state index in [4.69, 9.17) is 4.98 Å². The number of nitrogens with zero attached hydrogens (tertiary/aromatic N) is 5. The van der Waals surface area contributed by atoms with Crippen LogP contribution in [0.2, 0.25) is 0 Å². The first-order valence-electron chi connectivity index (χ1n) is 8.76. The smallest absolute Gasteiger partial charge is 0.252 e. The summed E-state index contributed by atoms with van der Waals surface area (Å²) in [7, 11) is 0. The Morgan fingerprint density at radius 1 is 1.11 bits per heavy atom. The van der Waals surface area contributed by atoms with Gasteiger partial charge in [-0.05, 0) is 29.8 Å². The Morgan fingerprint density at radius 3 is 2.64 bits per heavy atom. The third kappa shape index (κ3) is 3.57. The van der Waals surface area contributed by atoms with Gasteiger partial charge in [0.05, 0.1) is 29.4 Å². The van der Waals surface area contributed by atoms with E-state index in [9.17, 15) is 9.18 Å². The predicted octanol–water partition coefficient (Wildman–Crippen LogP) is 2.64. The Morgan fingerprint density at radius 2 is 1.93 bits per heavy atom. The van der Waals surface area contributed by atoms with Crippen molar-refractivity contribution in [1.29, 1.82) is 0 Å². The largest absolute Gasteiger partial charge is 0.349 e. The number of carbonyl (C=O) groups is 1. The van der Waals surface area contributed by atoms with Crippen molar-refractivity contribution in [3.8, 4) is 11.3 Å². The van der Waals surface area contributed by atoms with Crippen LogP contribution in [0.15, 0.2) is 61.3 Å². The lowest BCUT2D eigenvalue weighted by atomic mass is 10.1. The van der Waals surface area contributed by atoms with Crippen LogP contribution >= 0.6 is 0 Å². The Bertz CT molecular complexity index is 1100. The number of hydrogen-bond acceptors (Lipinski definition) is 5. The summed E-state index contributed by atoms with van der Waals surface area (Å²) < 4.78 is 14.2. The molecule has 1 N–H and O–H groups in total. The molecule has 4 rings (SSSR count). The van der Waals surface area contributed by atoms with E-state index in [0.717, 1.165) is 11.1 Å². The fourth-order valence-electron chi connectivity index (χ4n) is 2.93. The molecule has 28 heavy (non-hydrogen) atoms. The molecule has 0 unspecified atom stereocenters. The third-order valence-corrected chi connectivity index (χ3v) is 4.25. The number of hydrogen-bond donors (Lipinski definition) is 1. The molecule has 0 spiro atoms. The fourth-order valence-corrected chi connectivity index (χ4v) is 2.93. The van der Waals surface area contributed by atoms with Crippen LogP contribution in [0.25, 0.3) is 22.3 Å². The van der Waals surface area contributed by atoms with Gasteiger partial charge in [-0.3, -0.25) is 14.8 Å². The lowest BCUT2D eigenvalue weighted by Gasteiger charge is -2.09. The summed E-state index contributed by atoms with van der Waals surface area (Å²) >= 11 is 0. The summed E-state index contributed by atoms with van der Waals surface area (Å²) in [4.78, 5) is 25.6. The zero-order valence-corrected chi connectivity index (χ0v) is 14.9. The van der Waals surface area contributed by atoms with Gasteiger partial charge in [0.15, 0.2) is 5.65 Å². The summed E-state index contributed by atoms with van der Waals surface area (Å²) in [6.45, 7) is -0.212. The van der Waals surface area contributed by atoms with Gasteiger partial charge in [-0.1, -0.05) is 6.07 Å². The molecule has 1 amide bonds. The number of pyridine rings is 3. The van der Waals surface area contributed by atoms with Crippen LogP contribution in [0, 0.1) is 0 Å².